The fourth-order valence-corrected chi connectivity index (χ4v) is 7.74. The zero-order valence-corrected chi connectivity index (χ0v) is 19.1. The number of aliphatic hydroxyl groups is 1. The highest BCUT2D eigenvalue weighted by Crippen LogP contribution is 2.61. The van der Waals surface area contributed by atoms with Crippen molar-refractivity contribution in [3.63, 3.8) is 0 Å². The van der Waals surface area contributed by atoms with Crippen molar-refractivity contribution in [2.75, 3.05) is 38.2 Å². The van der Waals surface area contributed by atoms with Crippen LogP contribution in [0.25, 0.3) is 0 Å². The molecular weight excluding hydrogens is 450 g/mol. The maximum absolute atomic E-state index is 14.0. The van der Waals surface area contributed by atoms with Crippen molar-refractivity contribution < 1.29 is 19.5 Å². The Kier molecular flexibility index (Phi) is 5.34. The molecule has 2 fully saturated rings. The summed E-state index contributed by atoms with van der Waals surface area (Å²) in [5.41, 5.74) is 0.577. The minimum absolute atomic E-state index is 0.0372. The van der Waals surface area contributed by atoms with E-state index in [0.717, 1.165) is 0 Å². The zero-order valence-electron chi connectivity index (χ0n) is 17.6. The molecule has 1 N–H and O–H groups in total. The van der Waals surface area contributed by atoms with Gasteiger partial charge in [0.25, 0.3) is 5.91 Å². The summed E-state index contributed by atoms with van der Waals surface area (Å²) in [4.78, 5) is 45.7. The van der Waals surface area contributed by atoms with Crippen molar-refractivity contribution in [2.24, 2.45) is 11.8 Å². The second-order valence-corrected chi connectivity index (χ2v) is 10.4. The van der Waals surface area contributed by atoms with Crippen LogP contribution in [0.3, 0.4) is 0 Å². The third-order valence-electron chi connectivity index (χ3n) is 6.84. The normalized spacial score (nSPS) is 33.8. The molecule has 5 rings (SSSR count). The minimum Gasteiger partial charge on any atom is -0.395 e. The first-order chi connectivity index (χ1) is 15.4. The Morgan fingerprint density at radius 2 is 1.91 bits per heavy atom. The third-order valence-corrected chi connectivity index (χ3v) is 8.91. The van der Waals surface area contributed by atoms with Crippen molar-refractivity contribution in [1.29, 1.82) is 0 Å². The number of fused-ring (bicyclic) bond motifs is 2. The lowest BCUT2D eigenvalue weighted by Gasteiger charge is -2.35. The van der Waals surface area contributed by atoms with Crippen LogP contribution in [0.2, 0.25) is 5.02 Å². The first-order valence-corrected chi connectivity index (χ1v) is 11.9. The van der Waals surface area contributed by atoms with Gasteiger partial charge in [-0.15, -0.1) is 11.8 Å². The quantitative estimate of drug-likeness (QED) is 0.674. The van der Waals surface area contributed by atoms with Crippen LogP contribution in [0, 0.1) is 11.8 Å². The average Bonchev–Trinajstić information content (AvgIpc) is 3.09. The summed E-state index contributed by atoms with van der Waals surface area (Å²) in [7, 11) is 1.74. The molecule has 7 nitrogen and oxygen atoms in total. The van der Waals surface area contributed by atoms with Crippen molar-refractivity contribution in [1.82, 2.24) is 9.80 Å². The molecule has 3 amide bonds. The fourth-order valence-electron chi connectivity index (χ4n) is 5.50. The van der Waals surface area contributed by atoms with E-state index in [1.165, 1.54) is 16.7 Å². The number of hydrogen-bond acceptors (Lipinski definition) is 5. The van der Waals surface area contributed by atoms with Gasteiger partial charge in [0.2, 0.25) is 11.8 Å². The van der Waals surface area contributed by atoms with Crippen LogP contribution >= 0.6 is 23.4 Å². The van der Waals surface area contributed by atoms with Gasteiger partial charge in [-0.1, -0.05) is 48.0 Å². The Labute approximate surface area is 195 Å². The molecule has 32 heavy (non-hydrogen) atoms. The number of halogens is 1. The number of aliphatic hydroxyl groups excluding tert-OH is 1. The lowest BCUT2D eigenvalue weighted by molar-refractivity contribution is -0.142. The summed E-state index contributed by atoms with van der Waals surface area (Å²) in [6.45, 7) is 0.587. The number of amides is 3. The fraction of sp³-hybridized carbons (Fsp3) is 0.435. The highest BCUT2D eigenvalue weighted by Gasteiger charge is 2.70. The van der Waals surface area contributed by atoms with Crippen LogP contribution in [-0.4, -0.2) is 82.0 Å². The van der Waals surface area contributed by atoms with Crippen molar-refractivity contribution in [3.05, 3.63) is 53.6 Å². The summed E-state index contributed by atoms with van der Waals surface area (Å²) in [6, 6.07) is 6.29. The number of hydrogen-bond donors (Lipinski definition) is 1. The van der Waals surface area contributed by atoms with E-state index in [1.54, 1.807) is 35.0 Å². The molecular formula is C23H24ClN3O4S. The minimum atomic E-state index is -0.882. The summed E-state index contributed by atoms with van der Waals surface area (Å²) in [5, 5.41) is 9.96. The first kappa shape index (κ1) is 21.6. The number of thioether (sulfide) groups is 1. The first-order valence-electron chi connectivity index (χ1n) is 10.6. The molecule has 4 aliphatic heterocycles. The average molecular weight is 474 g/mol. The lowest BCUT2D eigenvalue weighted by Crippen LogP contribution is -2.53. The van der Waals surface area contributed by atoms with E-state index < -0.39 is 22.6 Å². The Bertz CT molecular complexity index is 1050. The molecule has 1 aromatic carbocycles. The molecule has 168 valence electrons. The number of nitrogens with zero attached hydrogens (tertiary/aromatic N) is 3. The molecule has 1 spiro atoms. The Balaban J connectivity index is 1.64. The molecule has 2 saturated heterocycles. The molecule has 5 atom stereocenters. The van der Waals surface area contributed by atoms with Gasteiger partial charge in [-0.2, -0.15) is 0 Å². The predicted octanol–water partition coefficient (Wildman–Crippen LogP) is 1.56. The van der Waals surface area contributed by atoms with E-state index in [1.807, 2.05) is 30.4 Å². The highest BCUT2D eigenvalue weighted by molar-refractivity contribution is 8.02. The van der Waals surface area contributed by atoms with Gasteiger partial charge >= 0.3 is 0 Å². The number of benzene rings is 1. The van der Waals surface area contributed by atoms with Crippen LogP contribution in [-0.2, 0) is 14.4 Å². The van der Waals surface area contributed by atoms with E-state index in [4.69, 9.17) is 11.6 Å². The van der Waals surface area contributed by atoms with Gasteiger partial charge in [-0.05, 0) is 12.1 Å². The molecule has 0 saturated carbocycles. The number of rotatable bonds is 3. The van der Waals surface area contributed by atoms with E-state index in [9.17, 15) is 19.5 Å². The van der Waals surface area contributed by atoms with Gasteiger partial charge in [-0.25, -0.2) is 0 Å². The van der Waals surface area contributed by atoms with Gasteiger partial charge < -0.3 is 19.8 Å². The summed E-state index contributed by atoms with van der Waals surface area (Å²) >= 11 is 7.93. The van der Waals surface area contributed by atoms with Gasteiger partial charge in [0.05, 0.1) is 33.9 Å². The van der Waals surface area contributed by atoms with Crippen LogP contribution < -0.4 is 4.90 Å². The van der Waals surface area contributed by atoms with Crippen molar-refractivity contribution in [3.8, 4) is 0 Å². The SMILES string of the molecule is CN1CC=C[C@H]2S[C@]34C=CCN(c5ccccc5Cl)C(=O)C3N(CCO)C(=O)[C@@H]4[C@H]2C1=O. The Morgan fingerprint density at radius 1 is 1.12 bits per heavy atom. The number of likely N-dealkylation sites (tertiary alicyclic amines) is 1. The second-order valence-electron chi connectivity index (χ2n) is 8.55. The summed E-state index contributed by atoms with van der Waals surface area (Å²) in [6.07, 6.45) is 7.81. The van der Waals surface area contributed by atoms with Gasteiger partial charge in [0, 0.05) is 31.9 Å². The van der Waals surface area contributed by atoms with E-state index in [-0.39, 0.29) is 36.1 Å². The van der Waals surface area contributed by atoms with Gasteiger partial charge in [0.1, 0.15) is 6.04 Å². The van der Waals surface area contributed by atoms with Crippen LogP contribution in [0.5, 0.6) is 0 Å². The topological polar surface area (TPSA) is 81.2 Å². The monoisotopic (exact) mass is 473 g/mol. The predicted molar refractivity (Wildman–Crippen MR) is 123 cm³/mol. The highest BCUT2D eigenvalue weighted by atomic mass is 35.5. The summed E-state index contributed by atoms with van der Waals surface area (Å²) in [5.74, 6) is -1.80. The molecule has 0 radical (unpaired) electrons. The standard InChI is InChI=1S/C23H24ClN3O4S/c1-25-10-4-8-16-17(20(25)29)18-21(30)27(12-13-28)19-22(31)26(11-5-9-23(18,19)32-16)15-7-3-2-6-14(15)24/h2-9,16-19,28H,10-13H2,1H3/t16-,17+,18+,19?,23+/m1/s1. The molecule has 0 bridgehead atoms. The Hall–Kier alpha value is -2.29. The van der Waals surface area contributed by atoms with Crippen LogP contribution in [0.4, 0.5) is 5.69 Å². The number of carbonyl (C=O) groups excluding carboxylic acids is 3. The number of likely N-dealkylation sites (N-methyl/N-ethyl adjacent to an activating group) is 1. The van der Waals surface area contributed by atoms with E-state index >= 15 is 0 Å². The number of β-amino-alcohol motifs (C(OH)–C–C–N with tert-alkyl or cyclic N) is 1. The largest absolute Gasteiger partial charge is 0.395 e. The number of anilines is 1. The van der Waals surface area contributed by atoms with Crippen LogP contribution in [0.15, 0.2) is 48.6 Å². The van der Waals surface area contributed by atoms with Crippen molar-refractivity contribution >= 4 is 46.8 Å². The molecule has 4 heterocycles. The maximum Gasteiger partial charge on any atom is 0.251 e. The van der Waals surface area contributed by atoms with Crippen molar-refractivity contribution in [2.45, 2.75) is 16.0 Å². The number of carbonyl (C=O) groups is 3. The number of para-hydroxylation sites is 1. The van der Waals surface area contributed by atoms with Gasteiger partial charge in [-0.3, -0.25) is 14.4 Å². The molecule has 1 unspecified atom stereocenters. The molecule has 0 aliphatic carbocycles. The molecule has 0 aromatic heterocycles. The zero-order chi connectivity index (χ0) is 22.6. The third kappa shape index (κ3) is 2.96. The molecule has 1 aromatic rings. The van der Waals surface area contributed by atoms with E-state index in [0.29, 0.717) is 23.8 Å². The lowest BCUT2D eigenvalue weighted by atomic mass is 9.78. The molecule has 9 heteroatoms. The second kappa shape index (κ2) is 7.93. The van der Waals surface area contributed by atoms with E-state index in [2.05, 4.69) is 0 Å². The van der Waals surface area contributed by atoms with Gasteiger partial charge in [0.15, 0.2) is 0 Å². The maximum atomic E-state index is 14.0. The van der Waals surface area contributed by atoms with Crippen LogP contribution in [0.1, 0.15) is 0 Å². The smallest absolute Gasteiger partial charge is 0.251 e. The summed E-state index contributed by atoms with van der Waals surface area (Å²) < 4.78 is -0.882. The molecule has 4 aliphatic rings. The Morgan fingerprint density at radius 3 is 2.66 bits per heavy atom.